The number of Topliss-reactive ketones (excluding diaryl/α,β-unsaturated/α-hetero) is 1. The van der Waals surface area contributed by atoms with E-state index in [4.69, 9.17) is 20.8 Å². The maximum Gasteiger partial charge on any atom is 0.309 e. The molecule has 54 heavy (non-hydrogen) atoms. The molecule has 294 valence electrons. The van der Waals surface area contributed by atoms with Crippen LogP contribution in [0.2, 0.25) is 5.02 Å². The third-order valence-corrected chi connectivity index (χ3v) is 16.1. The quantitative estimate of drug-likeness (QED) is 0.247. The number of halogens is 1. The van der Waals surface area contributed by atoms with Crippen LogP contribution < -0.4 is 0 Å². The number of rotatable bonds is 8. The van der Waals surface area contributed by atoms with Gasteiger partial charge in [-0.3, -0.25) is 14.4 Å². The summed E-state index contributed by atoms with van der Waals surface area (Å²) in [4.78, 5) is 47.4. The molecule has 11 nitrogen and oxygen atoms in total. The van der Waals surface area contributed by atoms with Crippen molar-refractivity contribution in [1.82, 2.24) is 20.2 Å². The van der Waals surface area contributed by atoms with E-state index >= 15 is 0 Å². The molecule has 2 aromatic heterocycles. The van der Waals surface area contributed by atoms with Gasteiger partial charge >= 0.3 is 11.9 Å². The lowest BCUT2D eigenvalue weighted by molar-refractivity contribution is -0.235. The average Bonchev–Trinajstić information content (AvgIpc) is 3.69. The van der Waals surface area contributed by atoms with E-state index in [0.29, 0.717) is 23.3 Å². The molecule has 12 heteroatoms. The number of aliphatic hydroxyl groups is 1. The van der Waals surface area contributed by atoms with E-state index in [2.05, 4.69) is 68.6 Å². The molecule has 4 saturated carbocycles. The molecule has 5 aliphatic rings. The summed E-state index contributed by atoms with van der Waals surface area (Å²) < 4.78 is 12.2. The molecule has 0 spiro atoms. The number of carboxylic acid groups (broad SMARTS) is 1. The summed E-state index contributed by atoms with van der Waals surface area (Å²) in [6.45, 7) is 19.2. The molecule has 9 atom stereocenters. The largest absolute Gasteiger partial charge is 0.481 e. The van der Waals surface area contributed by atoms with Gasteiger partial charge in [-0.2, -0.15) is 0 Å². The number of carboxylic acids is 1. The van der Waals surface area contributed by atoms with Crippen LogP contribution in [0.3, 0.4) is 0 Å². The Kier molecular flexibility index (Phi) is 9.36. The smallest absolute Gasteiger partial charge is 0.309 e. The van der Waals surface area contributed by atoms with E-state index in [1.54, 1.807) is 13.8 Å². The van der Waals surface area contributed by atoms with Gasteiger partial charge in [0.05, 0.1) is 16.9 Å². The maximum absolute atomic E-state index is 14.1. The molecule has 0 saturated heterocycles. The van der Waals surface area contributed by atoms with E-state index in [1.165, 1.54) is 12.4 Å². The van der Waals surface area contributed by atoms with Crippen molar-refractivity contribution in [3.63, 3.8) is 0 Å². The summed E-state index contributed by atoms with van der Waals surface area (Å²) in [7, 11) is 0. The minimum absolute atomic E-state index is 0.00304. The predicted molar refractivity (Wildman–Crippen MR) is 201 cm³/mol. The van der Waals surface area contributed by atoms with Gasteiger partial charge in [0.15, 0.2) is 5.78 Å². The molecule has 7 rings (SSSR count). The summed E-state index contributed by atoms with van der Waals surface area (Å²) in [5.41, 5.74) is -0.490. The van der Waals surface area contributed by atoms with Gasteiger partial charge in [0.25, 0.3) is 5.89 Å². The number of carbonyl (C=O) groups excluding carboxylic acids is 2. The van der Waals surface area contributed by atoms with Crippen molar-refractivity contribution in [2.45, 2.75) is 139 Å². The number of aromatic nitrogens is 4. The maximum atomic E-state index is 14.1. The topological polar surface area (TPSA) is 166 Å². The molecule has 2 N–H and O–H groups in total. The molecule has 0 amide bonds. The summed E-state index contributed by atoms with van der Waals surface area (Å²) in [6.07, 6.45) is 8.62. The van der Waals surface area contributed by atoms with Crippen molar-refractivity contribution in [2.24, 2.45) is 56.2 Å². The van der Waals surface area contributed by atoms with Crippen LogP contribution in [0.5, 0.6) is 0 Å². The molecule has 0 radical (unpaired) electrons. The zero-order valence-electron chi connectivity index (χ0n) is 33.3. The highest BCUT2D eigenvalue weighted by molar-refractivity contribution is 6.30. The fourth-order valence-corrected chi connectivity index (χ4v) is 13.0. The van der Waals surface area contributed by atoms with Crippen molar-refractivity contribution in [3.8, 4) is 11.7 Å². The SMILES string of the molecule is CC(C)C1=C2[C@H]3CC[C@@H]4[C@@]5(C)CC[C@H](OC(=O)CC(C)(C)C(=O)O)C(C)(C)C5CC[C@@]4(C)[C@]3(C)CC[C@@]2(C(O)c2nnc(-c3ncc(Cl)cn3)o2)CC1=O. The molecule has 4 fully saturated rings. The Morgan fingerprint density at radius 1 is 0.963 bits per heavy atom. The van der Waals surface area contributed by atoms with Crippen LogP contribution in [0.1, 0.15) is 139 Å². The van der Waals surface area contributed by atoms with Crippen molar-refractivity contribution in [1.29, 1.82) is 0 Å². The lowest BCUT2D eigenvalue weighted by atomic mass is 9.33. The fourth-order valence-electron chi connectivity index (χ4n) is 12.9. The molecule has 0 aromatic carbocycles. The Hall–Kier alpha value is -3.18. The number of carbonyl (C=O) groups is 3. The Balaban J connectivity index is 1.19. The first-order valence-electron chi connectivity index (χ1n) is 19.8. The lowest BCUT2D eigenvalue weighted by Gasteiger charge is -2.72. The number of aliphatic hydroxyl groups excluding tert-OH is 1. The van der Waals surface area contributed by atoms with Crippen molar-refractivity contribution < 1.29 is 33.8 Å². The normalized spacial score (nSPS) is 36.6. The van der Waals surface area contributed by atoms with Crippen LogP contribution in [-0.2, 0) is 19.1 Å². The van der Waals surface area contributed by atoms with Gasteiger partial charge in [0, 0.05) is 29.6 Å². The monoisotopic (exact) mass is 764 g/mol. The molecule has 0 aliphatic heterocycles. The zero-order chi connectivity index (χ0) is 39.4. The second kappa shape index (κ2) is 12.9. The van der Waals surface area contributed by atoms with Gasteiger partial charge < -0.3 is 19.4 Å². The van der Waals surface area contributed by atoms with E-state index in [1.807, 2.05) is 0 Å². The van der Waals surface area contributed by atoms with Gasteiger partial charge in [-0.05, 0) is 116 Å². The number of ether oxygens (including phenoxy) is 1. The third-order valence-electron chi connectivity index (χ3n) is 15.9. The van der Waals surface area contributed by atoms with Crippen molar-refractivity contribution in [2.75, 3.05) is 0 Å². The Morgan fingerprint density at radius 3 is 2.30 bits per heavy atom. The highest BCUT2D eigenvalue weighted by atomic mass is 35.5. The summed E-state index contributed by atoms with van der Waals surface area (Å²) in [6, 6.07) is 0. The number of hydrogen-bond donors (Lipinski definition) is 2. The lowest BCUT2D eigenvalue weighted by Crippen LogP contribution is -2.66. The molecule has 0 bridgehead atoms. The molecule has 2 unspecified atom stereocenters. The van der Waals surface area contributed by atoms with Crippen LogP contribution in [0, 0.1) is 56.2 Å². The summed E-state index contributed by atoms with van der Waals surface area (Å²) in [5.74, 6) is -0.120. The molecule has 2 aromatic rings. The second-order valence-corrected chi connectivity index (χ2v) is 20.1. The fraction of sp³-hybridized carbons (Fsp3) is 0.738. The van der Waals surface area contributed by atoms with Gasteiger partial charge in [-0.15, -0.1) is 10.2 Å². The first-order chi connectivity index (χ1) is 25.1. The molecular formula is C42H57ClN4O7. The van der Waals surface area contributed by atoms with Crippen LogP contribution in [-0.4, -0.2) is 54.2 Å². The average molecular weight is 765 g/mol. The zero-order valence-corrected chi connectivity index (χ0v) is 34.0. The summed E-state index contributed by atoms with van der Waals surface area (Å²) >= 11 is 5.99. The van der Waals surface area contributed by atoms with Crippen LogP contribution in [0.4, 0.5) is 0 Å². The van der Waals surface area contributed by atoms with Crippen LogP contribution in [0.25, 0.3) is 11.7 Å². The number of nitrogens with zero attached hydrogens (tertiary/aromatic N) is 4. The van der Waals surface area contributed by atoms with Gasteiger partial charge in [0.2, 0.25) is 11.7 Å². The van der Waals surface area contributed by atoms with Crippen LogP contribution in [0.15, 0.2) is 28.0 Å². The van der Waals surface area contributed by atoms with Gasteiger partial charge in [-0.25, -0.2) is 9.97 Å². The van der Waals surface area contributed by atoms with E-state index in [0.717, 1.165) is 56.1 Å². The number of allylic oxidation sites excluding steroid dienone is 1. The second-order valence-electron chi connectivity index (χ2n) is 19.6. The molecule has 2 heterocycles. The number of aliphatic carboxylic acids is 1. The van der Waals surface area contributed by atoms with E-state index in [9.17, 15) is 24.6 Å². The van der Waals surface area contributed by atoms with Gasteiger partial charge in [-0.1, -0.05) is 60.1 Å². The molecular weight excluding hydrogens is 708 g/mol. The van der Waals surface area contributed by atoms with E-state index < -0.39 is 28.9 Å². The Morgan fingerprint density at radius 2 is 1.65 bits per heavy atom. The van der Waals surface area contributed by atoms with Crippen LogP contribution >= 0.6 is 11.6 Å². The first kappa shape index (κ1) is 39.1. The van der Waals surface area contributed by atoms with E-state index in [-0.39, 0.29) is 75.8 Å². The minimum atomic E-state index is -1.19. The number of ketones is 1. The Bertz CT molecular complexity index is 1890. The van der Waals surface area contributed by atoms with Crippen molar-refractivity contribution in [3.05, 3.63) is 34.5 Å². The number of fused-ring (bicyclic) bond motifs is 7. The predicted octanol–water partition coefficient (Wildman–Crippen LogP) is 8.61. The summed E-state index contributed by atoms with van der Waals surface area (Å²) in [5, 5.41) is 30.8. The molecule has 5 aliphatic carbocycles. The highest BCUT2D eigenvalue weighted by Gasteiger charge is 2.71. The Labute approximate surface area is 323 Å². The highest BCUT2D eigenvalue weighted by Crippen LogP contribution is 2.77. The van der Waals surface area contributed by atoms with Gasteiger partial charge in [0.1, 0.15) is 12.2 Å². The standard InChI is InChI=1S/C42H57ClN4O7/c1-22(2)30-25(48)18-42(32(50)34-46-47-35(54-34)33-44-20-23(43)21-45-33)17-16-40(8)24(31(30)42)10-11-27-39(7)14-13-28(53-29(49)19-37(3,4)36(51)52)38(5,6)26(39)12-15-41(27,40)9/h20-22,24,26-28,32,50H,10-19H2,1-9H3,(H,51,52)/t24-,26?,27-,28+,32?,39+,40-,41-,42-/m1/s1. The van der Waals surface area contributed by atoms with Crippen molar-refractivity contribution >= 4 is 29.3 Å². The minimum Gasteiger partial charge on any atom is -0.481 e. The number of esters is 1. The first-order valence-corrected chi connectivity index (χ1v) is 20.2. The number of hydrogen-bond acceptors (Lipinski definition) is 10. The third kappa shape index (κ3) is 5.63.